The summed E-state index contributed by atoms with van der Waals surface area (Å²) < 4.78 is 2.10. The minimum atomic E-state index is 0.0414. The highest BCUT2D eigenvalue weighted by Gasteiger charge is 2.35. The number of thiazole rings is 1. The summed E-state index contributed by atoms with van der Waals surface area (Å²) in [4.78, 5) is 42.4. The van der Waals surface area contributed by atoms with Crippen LogP contribution in [-0.2, 0) is 29.2 Å². The van der Waals surface area contributed by atoms with Crippen molar-refractivity contribution in [2.75, 3.05) is 18.0 Å². The molecule has 0 aliphatic carbocycles. The zero-order valence-corrected chi connectivity index (χ0v) is 24.1. The van der Waals surface area contributed by atoms with Crippen molar-refractivity contribution in [3.8, 4) is 0 Å². The number of rotatable bonds is 6. The van der Waals surface area contributed by atoms with Gasteiger partial charge in [-0.05, 0) is 30.9 Å². The number of hydrogen-bond donors (Lipinski definition) is 0. The highest BCUT2D eigenvalue weighted by molar-refractivity contribution is 7.09. The topological polar surface area (TPSA) is 74.6 Å². The van der Waals surface area contributed by atoms with Crippen LogP contribution in [0.3, 0.4) is 0 Å². The van der Waals surface area contributed by atoms with Gasteiger partial charge in [0, 0.05) is 87.2 Å². The molecule has 1 aromatic carbocycles. The lowest BCUT2D eigenvalue weighted by Gasteiger charge is -2.43. The molecular formula is C30H40N6O2S. The number of aromatic nitrogens is 3. The normalized spacial score (nSPS) is 20.5. The van der Waals surface area contributed by atoms with Crippen LogP contribution >= 0.6 is 11.3 Å². The summed E-state index contributed by atoms with van der Waals surface area (Å²) in [6, 6.07) is 8.68. The molecule has 208 valence electrons. The number of para-hydroxylation sites is 1. The average molecular weight is 549 g/mol. The quantitative estimate of drug-likeness (QED) is 0.430. The maximum Gasteiger partial charge on any atom is 0.224 e. The molecule has 8 nitrogen and oxygen atoms in total. The molecule has 0 radical (unpaired) electrons. The number of piperidine rings is 1. The van der Waals surface area contributed by atoms with E-state index in [-0.39, 0.29) is 17.9 Å². The molecule has 2 unspecified atom stereocenters. The molecule has 1 saturated heterocycles. The Morgan fingerprint density at radius 3 is 2.67 bits per heavy atom. The first-order valence-electron chi connectivity index (χ1n) is 14.2. The Labute approximate surface area is 235 Å². The zero-order chi connectivity index (χ0) is 27.4. The standard InChI is InChI=1S/C30H40N6O2S/c1-22(2)30-32-13-17-33(30)15-12-29(38)34-19-24-7-4-5-10-27(24)35(23(3)37)16-11-25-8-6-9-26(20-34)36(25)21-28-31-14-18-39-28/h4-5,7,10,13-14,17-18,22,25-26H,6,8-9,11-12,15-16,19-21H2,1-3H3. The van der Waals surface area contributed by atoms with E-state index in [1.807, 2.05) is 52.0 Å². The fourth-order valence-corrected chi connectivity index (χ4v) is 6.83. The van der Waals surface area contributed by atoms with Gasteiger partial charge in [0.25, 0.3) is 0 Å². The van der Waals surface area contributed by atoms with Gasteiger partial charge in [-0.3, -0.25) is 14.5 Å². The second kappa shape index (κ2) is 12.4. The van der Waals surface area contributed by atoms with Crippen LogP contribution in [0.2, 0.25) is 0 Å². The molecule has 9 heteroatoms. The molecule has 2 aliphatic heterocycles. The largest absolute Gasteiger partial charge is 0.337 e. The van der Waals surface area contributed by atoms with E-state index in [1.54, 1.807) is 18.3 Å². The van der Waals surface area contributed by atoms with Crippen LogP contribution in [0.25, 0.3) is 0 Å². The summed E-state index contributed by atoms with van der Waals surface area (Å²) in [6.45, 7) is 9.14. The van der Waals surface area contributed by atoms with E-state index in [1.165, 1.54) is 0 Å². The molecule has 2 bridgehead atoms. The maximum absolute atomic E-state index is 13.9. The number of fused-ring (bicyclic) bond motifs is 3. The van der Waals surface area contributed by atoms with Crippen molar-refractivity contribution in [3.05, 3.63) is 64.6 Å². The van der Waals surface area contributed by atoms with Crippen molar-refractivity contribution >= 4 is 28.8 Å². The lowest BCUT2D eigenvalue weighted by molar-refractivity contribution is -0.133. The minimum Gasteiger partial charge on any atom is -0.337 e. The summed E-state index contributed by atoms with van der Waals surface area (Å²) in [6.07, 6.45) is 10.3. The van der Waals surface area contributed by atoms with Crippen LogP contribution in [0.5, 0.6) is 0 Å². The number of hydrogen-bond acceptors (Lipinski definition) is 6. The Morgan fingerprint density at radius 1 is 1.08 bits per heavy atom. The first-order valence-corrected chi connectivity index (χ1v) is 15.1. The molecule has 2 amide bonds. The second-order valence-electron chi connectivity index (χ2n) is 11.1. The van der Waals surface area contributed by atoms with Crippen molar-refractivity contribution in [2.24, 2.45) is 0 Å². The maximum atomic E-state index is 13.9. The Morgan fingerprint density at radius 2 is 1.90 bits per heavy atom. The molecule has 39 heavy (non-hydrogen) atoms. The number of carbonyl (C=O) groups excluding carboxylic acids is 2. The number of anilines is 1. The van der Waals surface area contributed by atoms with E-state index in [2.05, 4.69) is 39.3 Å². The van der Waals surface area contributed by atoms with Crippen molar-refractivity contribution in [3.63, 3.8) is 0 Å². The van der Waals surface area contributed by atoms with Crippen LogP contribution in [0.15, 0.2) is 48.2 Å². The number of imidazole rings is 1. The Bertz CT molecular complexity index is 1260. The van der Waals surface area contributed by atoms with Crippen LogP contribution < -0.4 is 4.90 Å². The second-order valence-corrected chi connectivity index (χ2v) is 12.1. The van der Waals surface area contributed by atoms with Gasteiger partial charge in [0.1, 0.15) is 10.8 Å². The molecule has 2 atom stereocenters. The van der Waals surface area contributed by atoms with Gasteiger partial charge >= 0.3 is 0 Å². The Balaban J connectivity index is 1.46. The molecule has 0 saturated carbocycles. The van der Waals surface area contributed by atoms with Crippen molar-refractivity contribution in [1.29, 1.82) is 0 Å². The molecule has 3 aromatic rings. The number of nitrogens with zero attached hydrogens (tertiary/aromatic N) is 6. The number of benzene rings is 1. The molecule has 2 aromatic heterocycles. The van der Waals surface area contributed by atoms with Crippen LogP contribution in [0, 0.1) is 0 Å². The van der Waals surface area contributed by atoms with E-state index in [0.29, 0.717) is 44.6 Å². The molecule has 4 heterocycles. The summed E-state index contributed by atoms with van der Waals surface area (Å²) in [5.41, 5.74) is 1.94. The van der Waals surface area contributed by atoms with Gasteiger partial charge in [0.15, 0.2) is 0 Å². The smallest absolute Gasteiger partial charge is 0.224 e. The Kier molecular flexibility index (Phi) is 8.77. The van der Waals surface area contributed by atoms with E-state index in [0.717, 1.165) is 54.3 Å². The fourth-order valence-electron chi connectivity index (χ4n) is 6.20. The monoisotopic (exact) mass is 548 g/mol. The van der Waals surface area contributed by atoms with E-state index >= 15 is 0 Å². The van der Waals surface area contributed by atoms with E-state index in [4.69, 9.17) is 0 Å². The first kappa shape index (κ1) is 27.5. The highest BCUT2D eigenvalue weighted by atomic mass is 32.1. The van der Waals surface area contributed by atoms with E-state index < -0.39 is 0 Å². The third kappa shape index (κ3) is 6.41. The summed E-state index contributed by atoms with van der Waals surface area (Å²) in [7, 11) is 0. The molecular weight excluding hydrogens is 508 g/mol. The van der Waals surface area contributed by atoms with Gasteiger partial charge in [-0.2, -0.15) is 0 Å². The minimum absolute atomic E-state index is 0.0414. The van der Waals surface area contributed by atoms with E-state index in [9.17, 15) is 9.59 Å². The van der Waals surface area contributed by atoms with Crippen molar-refractivity contribution in [1.82, 2.24) is 24.3 Å². The third-order valence-corrected chi connectivity index (χ3v) is 8.90. The van der Waals surface area contributed by atoms with Crippen molar-refractivity contribution < 1.29 is 9.59 Å². The van der Waals surface area contributed by atoms with Gasteiger partial charge in [0.05, 0.1) is 6.54 Å². The van der Waals surface area contributed by atoms with Gasteiger partial charge in [-0.1, -0.05) is 38.5 Å². The number of aryl methyl sites for hydroxylation is 1. The van der Waals surface area contributed by atoms with Crippen LogP contribution in [-0.4, -0.2) is 61.3 Å². The fraction of sp³-hybridized carbons (Fsp3) is 0.533. The van der Waals surface area contributed by atoms with Gasteiger partial charge in [-0.15, -0.1) is 11.3 Å². The summed E-state index contributed by atoms with van der Waals surface area (Å²) >= 11 is 1.69. The van der Waals surface area contributed by atoms with Gasteiger partial charge in [-0.25, -0.2) is 9.97 Å². The highest BCUT2D eigenvalue weighted by Crippen LogP contribution is 2.32. The van der Waals surface area contributed by atoms with Gasteiger partial charge in [0.2, 0.25) is 11.8 Å². The van der Waals surface area contributed by atoms with Crippen LogP contribution in [0.4, 0.5) is 5.69 Å². The molecule has 2 aliphatic rings. The molecule has 1 fully saturated rings. The predicted molar refractivity (Wildman–Crippen MR) is 155 cm³/mol. The molecule has 5 rings (SSSR count). The number of amides is 2. The zero-order valence-electron chi connectivity index (χ0n) is 23.3. The summed E-state index contributed by atoms with van der Waals surface area (Å²) in [5, 5.41) is 3.14. The lowest BCUT2D eigenvalue weighted by Crippen LogP contribution is -2.52. The molecule has 0 spiro atoms. The van der Waals surface area contributed by atoms with Crippen molar-refractivity contribution in [2.45, 2.75) is 90.5 Å². The lowest BCUT2D eigenvalue weighted by atomic mass is 9.92. The SMILES string of the molecule is CC(=O)N1CCC2CCCC(CN(C(=O)CCn3ccnc3C(C)C)Cc3ccccc31)N2Cc1nccs1. The number of carbonyl (C=O) groups is 2. The average Bonchev–Trinajstić information content (AvgIpc) is 3.61. The Hall–Kier alpha value is -3.04. The predicted octanol–water partition coefficient (Wildman–Crippen LogP) is 5.06. The van der Waals surface area contributed by atoms with Crippen LogP contribution in [0.1, 0.15) is 75.2 Å². The third-order valence-electron chi connectivity index (χ3n) is 8.14. The molecule has 0 N–H and O–H groups in total. The summed E-state index contributed by atoms with van der Waals surface area (Å²) in [5.74, 6) is 1.49. The van der Waals surface area contributed by atoms with Gasteiger partial charge < -0.3 is 14.4 Å². The first-order chi connectivity index (χ1) is 18.9.